The van der Waals surface area contributed by atoms with E-state index in [1.54, 1.807) is 14.1 Å². The molecule has 0 radical (unpaired) electrons. The quantitative estimate of drug-likeness (QED) is 0.205. The third-order valence-corrected chi connectivity index (χ3v) is 5.42. The maximum absolute atomic E-state index is 11.7. The zero-order chi connectivity index (χ0) is 20.2. The number of guanidine groups is 1. The number of carbonyl (C=O) groups is 1. The Hall–Kier alpha value is -1.35. The highest BCUT2D eigenvalue weighted by Gasteiger charge is 2.14. The molecule has 0 saturated carbocycles. The van der Waals surface area contributed by atoms with Gasteiger partial charge in [0.2, 0.25) is 0 Å². The average Bonchev–Trinajstić information content (AvgIpc) is 2.73. The van der Waals surface area contributed by atoms with E-state index >= 15 is 0 Å². The van der Waals surface area contributed by atoms with Crippen molar-refractivity contribution in [1.29, 1.82) is 0 Å². The molecule has 164 valence electrons. The van der Waals surface area contributed by atoms with Gasteiger partial charge in [0.1, 0.15) is 0 Å². The number of amides is 1. The molecule has 0 bridgehead atoms. The summed E-state index contributed by atoms with van der Waals surface area (Å²) in [5.41, 5.74) is 1.84. The normalized spacial score (nSPS) is 15.5. The second-order valence-electron chi connectivity index (χ2n) is 7.69. The summed E-state index contributed by atoms with van der Waals surface area (Å²) in [6.07, 6.45) is 5.92. The lowest BCUT2D eigenvalue weighted by Gasteiger charge is -2.30. The van der Waals surface area contributed by atoms with Crippen LogP contribution in [-0.2, 0) is 6.42 Å². The molecule has 1 heterocycles. The molecule has 3 N–H and O–H groups in total. The average molecular weight is 515 g/mol. The summed E-state index contributed by atoms with van der Waals surface area (Å²) in [4.78, 5) is 18.6. The van der Waals surface area contributed by atoms with Crippen molar-refractivity contribution >= 4 is 35.8 Å². The molecule has 0 unspecified atom stereocenters. The Labute approximate surface area is 193 Å². The highest BCUT2D eigenvalue weighted by atomic mass is 127. The van der Waals surface area contributed by atoms with E-state index in [9.17, 15) is 4.79 Å². The molecule has 2 rings (SSSR count). The number of carbonyl (C=O) groups excluding carboxylic acids is 1. The molecule has 0 aromatic heterocycles. The van der Waals surface area contributed by atoms with E-state index in [2.05, 4.69) is 32.8 Å². The number of nitrogens with one attached hydrogen (secondary N) is 3. The van der Waals surface area contributed by atoms with Crippen molar-refractivity contribution in [2.45, 2.75) is 39.0 Å². The molecule has 29 heavy (non-hydrogen) atoms. The number of hydrogen-bond acceptors (Lipinski definition) is 3. The van der Waals surface area contributed by atoms with Gasteiger partial charge in [-0.25, -0.2) is 0 Å². The number of unbranched alkanes of at least 4 members (excludes halogenated alkanes) is 1. The number of piperidine rings is 1. The van der Waals surface area contributed by atoms with E-state index in [1.807, 2.05) is 24.3 Å². The molecule has 1 aliphatic rings. The number of halogens is 1. The van der Waals surface area contributed by atoms with E-state index in [4.69, 9.17) is 0 Å². The van der Waals surface area contributed by atoms with Gasteiger partial charge in [-0.2, -0.15) is 0 Å². The zero-order valence-electron chi connectivity index (χ0n) is 18.2. The minimum Gasteiger partial charge on any atom is -0.356 e. The first-order valence-corrected chi connectivity index (χ1v) is 10.6. The maximum atomic E-state index is 11.7. The van der Waals surface area contributed by atoms with Crippen LogP contribution >= 0.6 is 24.0 Å². The molecule has 0 aliphatic carbocycles. The van der Waals surface area contributed by atoms with E-state index in [-0.39, 0.29) is 29.9 Å². The monoisotopic (exact) mass is 515 g/mol. The SMILES string of the molecule is CN=C(NCCCCN1CCC(C)CC1)NCCc1cccc(C(=O)NC)c1.I. The highest BCUT2D eigenvalue weighted by Crippen LogP contribution is 2.16. The van der Waals surface area contributed by atoms with Crippen LogP contribution in [0.2, 0.25) is 0 Å². The second kappa shape index (κ2) is 14.6. The number of rotatable bonds is 9. The Kier molecular flexibility index (Phi) is 12.9. The number of likely N-dealkylation sites (tertiary alicyclic amines) is 1. The summed E-state index contributed by atoms with van der Waals surface area (Å²) in [6.45, 7) is 7.82. The predicted octanol–water partition coefficient (Wildman–Crippen LogP) is 2.88. The van der Waals surface area contributed by atoms with Gasteiger partial charge in [0.05, 0.1) is 0 Å². The molecule has 1 fully saturated rings. The van der Waals surface area contributed by atoms with E-state index in [0.717, 1.165) is 43.4 Å². The zero-order valence-corrected chi connectivity index (χ0v) is 20.5. The molecular weight excluding hydrogens is 477 g/mol. The largest absolute Gasteiger partial charge is 0.356 e. The Morgan fingerprint density at radius 2 is 1.90 bits per heavy atom. The molecule has 1 amide bonds. The van der Waals surface area contributed by atoms with Gasteiger partial charge in [0.25, 0.3) is 5.91 Å². The third-order valence-electron chi connectivity index (χ3n) is 5.42. The van der Waals surface area contributed by atoms with Crippen molar-refractivity contribution < 1.29 is 4.79 Å². The Morgan fingerprint density at radius 3 is 2.59 bits per heavy atom. The fourth-order valence-corrected chi connectivity index (χ4v) is 3.51. The molecule has 1 aromatic carbocycles. The standard InChI is InChI=1S/C22H37N5O.HI/c1-18-10-15-27(16-11-18)14-5-4-12-25-22(24-3)26-13-9-19-7-6-8-20(17-19)21(28)23-2;/h6-8,17-18H,4-5,9-16H2,1-3H3,(H,23,28)(H2,24,25,26);1H. The fourth-order valence-electron chi connectivity index (χ4n) is 3.51. The fraction of sp³-hybridized carbons (Fsp3) is 0.636. The van der Waals surface area contributed by atoms with Crippen LogP contribution in [0, 0.1) is 5.92 Å². The van der Waals surface area contributed by atoms with Crippen molar-refractivity contribution in [3.05, 3.63) is 35.4 Å². The number of nitrogens with zero attached hydrogens (tertiary/aromatic N) is 2. The van der Waals surface area contributed by atoms with Crippen LogP contribution in [0.3, 0.4) is 0 Å². The first-order chi connectivity index (χ1) is 13.6. The summed E-state index contributed by atoms with van der Waals surface area (Å²) < 4.78 is 0. The molecule has 1 saturated heterocycles. The number of benzene rings is 1. The predicted molar refractivity (Wildman–Crippen MR) is 132 cm³/mol. The number of hydrogen-bond donors (Lipinski definition) is 3. The molecule has 6 nitrogen and oxygen atoms in total. The van der Waals surface area contributed by atoms with Crippen molar-refractivity contribution in [3.63, 3.8) is 0 Å². The van der Waals surface area contributed by atoms with E-state index in [1.165, 1.54) is 38.9 Å². The second-order valence-corrected chi connectivity index (χ2v) is 7.69. The molecular formula is C22H38IN5O. The lowest BCUT2D eigenvalue weighted by Crippen LogP contribution is -2.39. The summed E-state index contributed by atoms with van der Waals surface area (Å²) in [7, 11) is 3.45. The smallest absolute Gasteiger partial charge is 0.251 e. The lowest BCUT2D eigenvalue weighted by atomic mass is 9.99. The van der Waals surface area contributed by atoms with E-state index < -0.39 is 0 Å². The minimum absolute atomic E-state index is 0. The van der Waals surface area contributed by atoms with Crippen LogP contribution < -0.4 is 16.0 Å². The van der Waals surface area contributed by atoms with Gasteiger partial charge in [-0.05, 0) is 75.4 Å². The van der Waals surface area contributed by atoms with Gasteiger partial charge < -0.3 is 20.9 Å². The lowest BCUT2D eigenvalue weighted by molar-refractivity contribution is 0.0963. The highest BCUT2D eigenvalue weighted by molar-refractivity contribution is 14.0. The minimum atomic E-state index is -0.0497. The summed E-state index contributed by atoms with van der Waals surface area (Å²) in [5.74, 6) is 1.69. The summed E-state index contributed by atoms with van der Waals surface area (Å²) in [5, 5.41) is 9.41. The first kappa shape index (κ1) is 25.7. The van der Waals surface area contributed by atoms with Gasteiger partial charge in [-0.15, -0.1) is 24.0 Å². The Balaban J connectivity index is 0.00000420. The first-order valence-electron chi connectivity index (χ1n) is 10.6. The van der Waals surface area contributed by atoms with Crippen LogP contribution in [0.5, 0.6) is 0 Å². The van der Waals surface area contributed by atoms with Gasteiger partial charge >= 0.3 is 0 Å². The van der Waals surface area contributed by atoms with Crippen molar-refractivity contribution in [2.24, 2.45) is 10.9 Å². The van der Waals surface area contributed by atoms with E-state index in [0.29, 0.717) is 5.56 Å². The number of aliphatic imine (C=N–C) groups is 1. The Morgan fingerprint density at radius 1 is 1.17 bits per heavy atom. The van der Waals surface area contributed by atoms with Crippen molar-refractivity contribution in [3.8, 4) is 0 Å². The molecule has 1 aromatic rings. The third kappa shape index (κ3) is 9.80. The van der Waals surface area contributed by atoms with Crippen LogP contribution in [0.4, 0.5) is 0 Å². The molecule has 7 heteroatoms. The van der Waals surface area contributed by atoms with Crippen molar-refractivity contribution in [2.75, 3.05) is 46.8 Å². The molecule has 0 spiro atoms. The topological polar surface area (TPSA) is 68.8 Å². The molecule has 0 atom stereocenters. The van der Waals surface area contributed by atoms with Crippen LogP contribution in [0.15, 0.2) is 29.3 Å². The van der Waals surface area contributed by atoms with Gasteiger partial charge in [0, 0.05) is 32.7 Å². The van der Waals surface area contributed by atoms with Crippen LogP contribution in [0.1, 0.15) is 48.5 Å². The maximum Gasteiger partial charge on any atom is 0.251 e. The Bertz CT molecular complexity index is 629. The van der Waals surface area contributed by atoms with Gasteiger partial charge in [0.15, 0.2) is 5.96 Å². The van der Waals surface area contributed by atoms with Crippen molar-refractivity contribution in [1.82, 2.24) is 20.9 Å². The van der Waals surface area contributed by atoms with Gasteiger partial charge in [-0.1, -0.05) is 19.1 Å². The summed E-state index contributed by atoms with van der Waals surface area (Å²) >= 11 is 0. The van der Waals surface area contributed by atoms with Gasteiger partial charge in [-0.3, -0.25) is 9.79 Å². The summed E-state index contributed by atoms with van der Waals surface area (Å²) in [6, 6.07) is 7.75. The van der Waals surface area contributed by atoms with Crippen LogP contribution in [-0.4, -0.2) is 63.6 Å². The van der Waals surface area contributed by atoms with Crippen LogP contribution in [0.25, 0.3) is 0 Å². The molecule has 1 aliphatic heterocycles.